The molecule has 2 N–H and O–H groups in total. The van der Waals surface area contributed by atoms with Gasteiger partial charge in [-0.25, -0.2) is 0 Å². The summed E-state index contributed by atoms with van der Waals surface area (Å²) in [4.78, 5) is 29.0. The number of carbonyl (C=O) groups excluding carboxylic acids is 2. The zero-order valence-corrected chi connectivity index (χ0v) is 40.8. The normalized spacial score (nSPS) is 11.6. The number of rotatable bonds is 52. The molecule has 61 heavy (non-hydrogen) atoms. The van der Waals surface area contributed by atoms with Gasteiger partial charge in [-0.3, -0.25) is 9.59 Å². The van der Waals surface area contributed by atoms with Gasteiger partial charge in [0.1, 0.15) is 13.2 Å². The number of aliphatic hydroxyl groups excluding tert-OH is 2. The minimum Gasteiger partial charge on any atom is -0.463 e. The maximum atomic E-state index is 12.1. The third-order valence-electron chi connectivity index (χ3n) is 12.2. The van der Waals surface area contributed by atoms with E-state index in [2.05, 4.69) is 23.6 Å². The molecular formula is C52H104N2O7. The van der Waals surface area contributed by atoms with Gasteiger partial charge in [-0.2, -0.15) is 0 Å². The third kappa shape index (κ3) is 48.0. The minimum absolute atomic E-state index is 0.166. The first kappa shape index (κ1) is 59.7. The monoisotopic (exact) mass is 869 g/mol. The Hall–Kier alpha value is -1.26. The van der Waals surface area contributed by atoms with Crippen LogP contribution >= 0.6 is 0 Å². The number of hydrogen-bond donors (Lipinski definition) is 2. The van der Waals surface area contributed by atoms with E-state index in [9.17, 15) is 19.8 Å². The number of unbranched alkanes of at least 4 members (excludes halogenated alkanes) is 30. The summed E-state index contributed by atoms with van der Waals surface area (Å²) in [6, 6.07) is 0. The molecule has 364 valence electrons. The highest BCUT2D eigenvalue weighted by atomic mass is 16.6. The summed E-state index contributed by atoms with van der Waals surface area (Å²) < 4.78 is 16.1. The zero-order valence-electron chi connectivity index (χ0n) is 40.8. The molecule has 0 rings (SSSR count). The number of aliphatic hydroxyl groups is 2. The fraction of sp³-hybridized carbons (Fsp3) is 0.962. The summed E-state index contributed by atoms with van der Waals surface area (Å²) in [7, 11) is 0. The smallest absolute Gasteiger partial charge is 0.305 e. The lowest BCUT2D eigenvalue weighted by Crippen LogP contribution is -2.29. The number of nitrogens with zero attached hydrogens (tertiary/aromatic N) is 2. The molecule has 0 saturated heterocycles. The molecule has 0 fully saturated rings. The molecule has 0 unspecified atom stereocenters. The first-order chi connectivity index (χ1) is 30.1. The Morgan fingerprint density at radius 2 is 0.574 bits per heavy atom. The largest absolute Gasteiger partial charge is 0.463 e. The Balaban J connectivity index is 3.53. The predicted molar refractivity (Wildman–Crippen MR) is 257 cm³/mol. The van der Waals surface area contributed by atoms with Crippen molar-refractivity contribution >= 4 is 11.9 Å². The Kier molecular flexibility index (Phi) is 50.3. The first-order valence-corrected chi connectivity index (χ1v) is 26.6. The van der Waals surface area contributed by atoms with E-state index in [0.717, 1.165) is 77.8 Å². The van der Waals surface area contributed by atoms with Crippen molar-refractivity contribution in [2.75, 3.05) is 78.9 Å². The van der Waals surface area contributed by atoms with Crippen LogP contribution in [-0.2, 0) is 23.8 Å². The van der Waals surface area contributed by atoms with E-state index in [1.807, 2.05) is 0 Å². The molecule has 0 aliphatic carbocycles. The van der Waals surface area contributed by atoms with Crippen LogP contribution in [0.3, 0.4) is 0 Å². The highest BCUT2D eigenvalue weighted by molar-refractivity contribution is 5.69. The molecule has 0 heterocycles. The van der Waals surface area contributed by atoms with Crippen molar-refractivity contribution in [3.63, 3.8) is 0 Å². The molecule has 9 heteroatoms. The number of hydrogen-bond acceptors (Lipinski definition) is 9. The highest BCUT2D eigenvalue weighted by Crippen LogP contribution is 2.15. The van der Waals surface area contributed by atoms with Crippen LogP contribution in [-0.4, -0.2) is 111 Å². The van der Waals surface area contributed by atoms with Gasteiger partial charge in [0.2, 0.25) is 0 Å². The fourth-order valence-corrected chi connectivity index (χ4v) is 8.25. The van der Waals surface area contributed by atoms with E-state index >= 15 is 0 Å². The second-order valence-corrected chi connectivity index (χ2v) is 18.0. The summed E-state index contributed by atoms with van der Waals surface area (Å²) in [5, 5.41) is 18.9. The fourth-order valence-electron chi connectivity index (χ4n) is 8.25. The molecule has 0 aliphatic rings. The van der Waals surface area contributed by atoms with Crippen LogP contribution in [0.15, 0.2) is 0 Å². The summed E-state index contributed by atoms with van der Waals surface area (Å²) in [5.74, 6) is -0.332. The van der Waals surface area contributed by atoms with E-state index in [-0.39, 0.29) is 38.4 Å². The van der Waals surface area contributed by atoms with Gasteiger partial charge in [0, 0.05) is 25.9 Å². The molecule has 0 amide bonds. The number of carbonyl (C=O) groups is 2. The van der Waals surface area contributed by atoms with Crippen LogP contribution in [0.25, 0.3) is 0 Å². The van der Waals surface area contributed by atoms with Crippen LogP contribution in [0, 0.1) is 0 Å². The van der Waals surface area contributed by atoms with Crippen molar-refractivity contribution in [2.24, 2.45) is 0 Å². The van der Waals surface area contributed by atoms with E-state index in [0.29, 0.717) is 26.1 Å². The minimum atomic E-state index is -0.166. The van der Waals surface area contributed by atoms with Crippen molar-refractivity contribution < 1.29 is 34.0 Å². The summed E-state index contributed by atoms with van der Waals surface area (Å²) in [5.41, 5.74) is 0. The van der Waals surface area contributed by atoms with Gasteiger partial charge in [-0.05, 0) is 64.7 Å². The van der Waals surface area contributed by atoms with Gasteiger partial charge >= 0.3 is 11.9 Å². The summed E-state index contributed by atoms with van der Waals surface area (Å²) >= 11 is 0. The van der Waals surface area contributed by atoms with Crippen molar-refractivity contribution in [1.82, 2.24) is 9.80 Å². The molecule has 0 aromatic heterocycles. The molecule has 0 spiro atoms. The van der Waals surface area contributed by atoms with E-state index in [1.54, 1.807) is 0 Å². The summed E-state index contributed by atoms with van der Waals surface area (Å²) in [6.45, 7) is 12.2. The second-order valence-electron chi connectivity index (χ2n) is 18.0. The van der Waals surface area contributed by atoms with Crippen molar-refractivity contribution in [3.8, 4) is 0 Å². The molecule has 0 aromatic rings. The Bertz CT molecular complexity index is 811. The molecule has 0 radical (unpaired) electrons. The summed E-state index contributed by atoms with van der Waals surface area (Å²) in [6.07, 6.45) is 44.0. The number of esters is 2. The Morgan fingerprint density at radius 3 is 0.836 bits per heavy atom. The van der Waals surface area contributed by atoms with E-state index < -0.39 is 0 Å². The maximum absolute atomic E-state index is 12.1. The molecule has 0 bridgehead atoms. The van der Waals surface area contributed by atoms with Crippen LogP contribution < -0.4 is 0 Å². The molecule has 0 aromatic carbocycles. The van der Waals surface area contributed by atoms with E-state index in [1.165, 1.54) is 180 Å². The van der Waals surface area contributed by atoms with E-state index in [4.69, 9.17) is 14.2 Å². The van der Waals surface area contributed by atoms with Gasteiger partial charge in [0.25, 0.3) is 0 Å². The second kappa shape index (κ2) is 51.4. The van der Waals surface area contributed by atoms with Gasteiger partial charge in [0.05, 0.1) is 26.4 Å². The first-order valence-electron chi connectivity index (χ1n) is 26.6. The zero-order chi connectivity index (χ0) is 44.4. The molecule has 0 saturated carbocycles. The Labute approximate surface area is 378 Å². The van der Waals surface area contributed by atoms with Gasteiger partial charge in [-0.1, -0.05) is 194 Å². The van der Waals surface area contributed by atoms with Crippen LogP contribution in [0.5, 0.6) is 0 Å². The highest BCUT2D eigenvalue weighted by Gasteiger charge is 2.08. The van der Waals surface area contributed by atoms with Gasteiger partial charge in [0.15, 0.2) is 0 Å². The van der Waals surface area contributed by atoms with Crippen LogP contribution in [0.2, 0.25) is 0 Å². The van der Waals surface area contributed by atoms with Crippen molar-refractivity contribution in [2.45, 2.75) is 245 Å². The SMILES string of the molecule is CCCCCCCCCCCCN(CCO)CCCCCCCCCC(=O)OCCOCCOC(=O)CCCCCCCCCN(CCO)CCCCCCCCCCCC. The van der Waals surface area contributed by atoms with Gasteiger partial charge in [-0.15, -0.1) is 0 Å². The Morgan fingerprint density at radius 1 is 0.328 bits per heavy atom. The number of ether oxygens (including phenoxy) is 3. The topological polar surface area (TPSA) is 109 Å². The van der Waals surface area contributed by atoms with Crippen molar-refractivity contribution in [1.29, 1.82) is 0 Å². The molecular weight excluding hydrogens is 765 g/mol. The lowest BCUT2D eigenvalue weighted by molar-refractivity contribution is -0.146. The predicted octanol–water partition coefficient (Wildman–Crippen LogP) is 12.8. The quantitative estimate of drug-likeness (QED) is 0.0456. The molecule has 9 nitrogen and oxygen atoms in total. The van der Waals surface area contributed by atoms with Crippen LogP contribution in [0.4, 0.5) is 0 Å². The molecule has 0 atom stereocenters. The lowest BCUT2D eigenvalue weighted by atomic mass is 10.1. The lowest BCUT2D eigenvalue weighted by Gasteiger charge is -2.21. The van der Waals surface area contributed by atoms with Gasteiger partial charge < -0.3 is 34.2 Å². The maximum Gasteiger partial charge on any atom is 0.305 e. The molecule has 0 aliphatic heterocycles. The standard InChI is InChI=1S/C52H104N2O7/c1-3-5-7-9-11-13-15-21-27-33-39-53(43-45-55)41-35-29-23-17-19-25-31-37-51(57)60-49-47-59-48-50-61-52(58)38-32-26-20-18-24-30-36-42-54(44-46-56)40-34-28-22-16-14-12-10-8-6-4-2/h55-56H,3-50H2,1-2H3. The third-order valence-corrected chi connectivity index (χ3v) is 12.2. The van der Waals surface area contributed by atoms with Crippen LogP contribution in [0.1, 0.15) is 245 Å². The average Bonchev–Trinajstić information content (AvgIpc) is 3.25. The average molecular weight is 869 g/mol. The van der Waals surface area contributed by atoms with Crippen molar-refractivity contribution in [3.05, 3.63) is 0 Å².